The van der Waals surface area contributed by atoms with Crippen LogP contribution in [0.25, 0.3) is 43.9 Å². The molecule has 0 atom stereocenters. The van der Waals surface area contributed by atoms with Crippen molar-refractivity contribution in [1.82, 2.24) is 29.5 Å². The molecule has 0 aliphatic rings. The van der Waals surface area contributed by atoms with Gasteiger partial charge in [-0.25, -0.2) is 24.7 Å². The predicted octanol–water partition coefficient (Wildman–Crippen LogP) is 6.59. The minimum atomic E-state index is -4.79. The average Bonchev–Trinajstić information content (AvgIpc) is 3.42. The van der Waals surface area contributed by atoms with E-state index in [9.17, 15) is 27.9 Å². The van der Waals surface area contributed by atoms with Crippen molar-refractivity contribution in [2.75, 3.05) is 6.61 Å². The molecule has 0 radical (unpaired) electrons. The molecule has 0 amide bonds. The van der Waals surface area contributed by atoms with E-state index in [1.807, 2.05) is 0 Å². The smallest absolute Gasteiger partial charge is 0.418 e. The van der Waals surface area contributed by atoms with Gasteiger partial charge in [-0.2, -0.15) is 13.2 Å². The zero-order valence-corrected chi connectivity index (χ0v) is 25.0. The molecule has 0 unspecified atom stereocenters. The van der Waals surface area contributed by atoms with E-state index in [2.05, 4.69) is 24.9 Å². The minimum absolute atomic E-state index is 0.0114. The van der Waals surface area contributed by atoms with Crippen molar-refractivity contribution in [3.05, 3.63) is 92.2 Å². The highest BCUT2D eigenvalue weighted by molar-refractivity contribution is 7.18. The van der Waals surface area contributed by atoms with Gasteiger partial charge in [-0.1, -0.05) is 11.6 Å². The topological polar surface area (TPSA) is 133 Å². The van der Waals surface area contributed by atoms with Gasteiger partial charge in [0.2, 0.25) is 0 Å². The number of hydrogen-bond acceptors (Lipinski definition) is 9. The molecule has 0 saturated carbocycles. The van der Waals surface area contributed by atoms with Gasteiger partial charge >= 0.3 is 12.1 Å². The number of aromatic nitrogens is 6. The number of pyridine rings is 2. The van der Waals surface area contributed by atoms with Crippen LogP contribution in [-0.4, -0.2) is 47.2 Å². The van der Waals surface area contributed by atoms with Crippen molar-refractivity contribution in [3.8, 4) is 28.4 Å². The molecular weight excluding hydrogens is 633 g/mol. The molecule has 1 aromatic carbocycles. The van der Waals surface area contributed by atoms with Crippen LogP contribution in [0.3, 0.4) is 0 Å². The number of carbonyl (C=O) groups is 1. The van der Waals surface area contributed by atoms with Crippen LogP contribution in [0.15, 0.2) is 59.0 Å². The highest BCUT2D eigenvalue weighted by Crippen LogP contribution is 2.40. The summed E-state index contributed by atoms with van der Waals surface area (Å²) in [4.78, 5) is 45.8. The summed E-state index contributed by atoms with van der Waals surface area (Å²) in [5.41, 5.74) is -0.540. The third kappa shape index (κ3) is 5.69. The molecular formula is C30H20ClF3N6O4S. The standard InChI is InChI=1S/C30H20ClF3N6O4S/c1-14-10-18(26-23(37-14)19(13-45-26)29(42)43)17-11-16(31)4-5-22(17)44-9-8-40-15(2)38-21-12-20(30(32,33)34)24(39-25(21)28(40)41)27-35-6-3-7-36-27/h3-7,10-13H,8-9H2,1-2H3,(H,42,43). The molecule has 5 heterocycles. The Morgan fingerprint density at radius 2 is 1.80 bits per heavy atom. The molecule has 6 aromatic rings. The Bertz CT molecular complexity index is 2190. The van der Waals surface area contributed by atoms with E-state index in [1.54, 1.807) is 31.2 Å². The lowest BCUT2D eigenvalue weighted by molar-refractivity contribution is -0.137. The summed E-state index contributed by atoms with van der Waals surface area (Å²) in [6.07, 6.45) is -2.23. The number of nitrogens with zero attached hydrogens (tertiary/aromatic N) is 6. The monoisotopic (exact) mass is 652 g/mol. The van der Waals surface area contributed by atoms with Crippen molar-refractivity contribution in [3.63, 3.8) is 0 Å². The Morgan fingerprint density at radius 1 is 1.04 bits per heavy atom. The third-order valence-electron chi connectivity index (χ3n) is 6.89. The van der Waals surface area contributed by atoms with Crippen molar-refractivity contribution in [2.45, 2.75) is 26.6 Å². The molecule has 0 spiro atoms. The molecule has 0 saturated heterocycles. The second kappa shape index (κ2) is 11.5. The van der Waals surface area contributed by atoms with E-state index < -0.39 is 29.0 Å². The quantitative estimate of drug-likeness (QED) is 0.203. The highest BCUT2D eigenvalue weighted by atomic mass is 35.5. The van der Waals surface area contributed by atoms with E-state index in [0.717, 1.165) is 6.07 Å². The summed E-state index contributed by atoms with van der Waals surface area (Å²) < 4.78 is 49.8. The summed E-state index contributed by atoms with van der Waals surface area (Å²) in [5.74, 6) is -0.798. The summed E-state index contributed by atoms with van der Waals surface area (Å²) in [6, 6.07) is 9.02. The first kappa shape index (κ1) is 30.1. The van der Waals surface area contributed by atoms with E-state index in [0.29, 0.717) is 37.8 Å². The maximum Gasteiger partial charge on any atom is 0.418 e. The van der Waals surface area contributed by atoms with Gasteiger partial charge in [0.25, 0.3) is 5.56 Å². The molecule has 45 heavy (non-hydrogen) atoms. The number of carboxylic acid groups (broad SMARTS) is 1. The fourth-order valence-electron chi connectivity index (χ4n) is 4.90. The molecule has 228 valence electrons. The van der Waals surface area contributed by atoms with Crippen LogP contribution in [0.1, 0.15) is 27.4 Å². The fourth-order valence-corrected chi connectivity index (χ4v) is 6.08. The summed E-state index contributed by atoms with van der Waals surface area (Å²) >= 11 is 7.57. The highest BCUT2D eigenvalue weighted by Gasteiger charge is 2.36. The van der Waals surface area contributed by atoms with Crippen LogP contribution in [0, 0.1) is 13.8 Å². The number of carboxylic acids is 1. The predicted molar refractivity (Wildman–Crippen MR) is 162 cm³/mol. The number of thiophene rings is 1. The SMILES string of the molecule is Cc1cc(-c2cc(Cl)ccc2OCCn2c(C)nc3cc(C(F)(F)F)c(-c4ncccn4)nc3c2=O)c2scc(C(=O)O)c2n1. The Morgan fingerprint density at radius 3 is 2.51 bits per heavy atom. The summed E-state index contributed by atoms with van der Waals surface area (Å²) in [5, 5.41) is 11.6. The Labute approximate surface area is 260 Å². The van der Waals surface area contributed by atoms with Gasteiger partial charge in [0.1, 0.15) is 23.9 Å². The van der Waals surface area contributed by atoms with Gasteiger partial charge in [0.05, 0.1) is 33.4 Å². The average molecular weight is 653 g/mol. The Kier molecular flexibility index (Phi) is 7.70. The molecule has 0 bridgehead atoms. The molecule has 0 aliphatic carbocycles. The number of aromatic carboxylic acids is 1. The van der Waals surface area contributed by atoms with Crippen molar-refractivity contribution < 1.29 is 27.8 Å². The van der Waals surface area contributed by atoms with Crippen LogP contribution in [0.5, 0.6) is 5.75 Å². The number of fused-ring (bicyclic) bond motifs is 2. The van der Waals surface area contributed by atoms with Crippen molar-refractivity contribution in [2.24, 2.45) is 0 Å². The third-order valence-corrected chi connectivity index (χ3v) is 8.13. The fraction of sp³-hybridized carbons (Fsp3) is 0.167. The second-order valence-electron chi connectivity index (χ2n) is 9.87. The van der Waals surface area contributed by atoms with E-state index >= 15 is 0 Å². The second-order valence-corrected chi connectivity index (χ2v) is 11.2. The number of aryl methyl sites for hydroxylation is 2. The molecule has 10 nitrogen and oxygen atoms in total. The molecule has 5 aromatic heterocycles. The van der Waals surface area contributed by atoms with E-state index in [4.69, 9.17) is 16.3 Å². The van der Waals surface area contributed by atoms with Crippen LogP contribution in [0.4, 0.5) is 13.2 Å². The number of rotatable bonds is 7. The van der Waals surface area contributed by atoms with Gasteiger partial charge in [-0.3, -0.25) is 14.3 Å². The zero-order valence-electron chi connectivity index (χ0n) is 23.4. The molecule has 0 aliphatic heterocycles. The normalized spacial score (nSPS) is 11.8. The lowest BCUT2D eigenvalue weighted by atomic mass is 10.0. The summed E-state index contributed by atoms with van der Waals surface area (Å²) in [6.45, 7) is 3.21. The van der Waals surface area contributed by atoms with Gasteiger partial charge in [-0.15, -0.1) is 11.3 Å². The number of hydrogen-bond donors (Lipinski definition) is 1. The van der Waals surface area contributed by atoms with Gasteiger partial charge < -0.3 is 9.84 Å². The van der Waals surface area contributed by atoms with E-state index in [1.165, 1.54) is 46.7 Å². The van der Waals surface area contributed by atoms with Gasteiger partial charge in [-0.05, 0) is 50.2 Å². The minimum Gasteiger partial charge on any atom is -0.491 e. The molecule has 15 heteroatoms. The maximum atomic E-state index is 13.9. The largest absolute Gasteiger partial charge is 0.491 e. The van der Waals surface area contributed by atoms with Crippen molar-refractivity contribution >= 4 is 50.2 Å². The Hall–Kier alpha value is -4.95. The number of alkyl halides is 3. The number of ether oxygens (including phenoxy) is 1. The first-order valence-electron chi connectivity index (χ1n) is 13.2. The van der Waals surface area contributed by atoms with Gasteiger partial charge in [0, 0.05) is 39.6 Å². The molecule has 0 fully saturated rings. The molecule has 6 rings (SSSR count). The van der Waals surface area contributed by atoms with Crippen LogP contribution >= 0.6 is 22.9 Å². The lowest BCUT2D eigenvalue weighted by Crippen LogP contribution is -2.27. The maximum absolute atomic E-state index is 13.9. The Balaban J connectivity index is 1.36. The van der Waals surface area contributed by atoms with Crippen LogP contribution in [0.2, 0.25) is 5.02 Å². The summed E-state index contributed by atoms with van der Waals surface area (Å²) in [7, 11) is 0. The van der Waals surface area contributed by atoms with Crippen LogP contribution < -0.4 is 10.3 Å². The zero-order chi connectivity index (χ0) is 32.0. The first-order valence-corrected chi connectivity index (χ1v) is 14.5. The number of benzene rings is 1. The lowest BCUT2D eigenvalue weighted by Gasteiger charge is -2.16. The van der Waals surface area contributed by atoms with Crippen LogP contribution in [-0.2, 0) is 12.7 Å². The van der Waals surface area contributed by atoms with Crippen molar-refractivity contribution in [1.29, 1.82) is 0 Å². The first-order chi connectivity index (χ1) is 21.4. The van der Waals surface area contributed by atoms with Gasteiger partial charge in [0.15, 0.2) is 11.3 Å². The van der Waals surface area contributed by atoms with E-state index in [-0.39, 0.29) is 41.4 Å². The number of halogens is 4. The molecule has 1 N–H and O–H groups in total.